The zero-order valence-corrected chi connectivity index (χ0v) is 15.4. The van der Waals surface area contributed by atoms with Crippen molar-refractivity contribution in [2.75, 3.05) is 13.4 Å². The zero-order valence-electron chi connectivity index (χ0n) is 14.6. The molecule has 0 aliphatic carbocycles. The summed E-state index contributed by atoms with van der Waals surface area (Å²) in [5, 5.41) is 0. The van der Waals surface area contributed by atoms with Gasteiger partial charge in [0, 0.05) is 18.7 Å². The second-order valence-corrected chi connectivity index (χ2v) is 6.87. The summed E-state index contributed by atoms with van der Waals surface area (Å²) >= 11 is 1.28. The average molecular weight is 363 g/mol. The van der Waals surface area contributed by atoms with Crippen LogP contribution in [-0.2, 0) is 20.9 Å². The van der Waals surface area contributed by atoms with Gasteiger partial charge in [-0.15, -0.1) is 11.8 Å². The van der Waals surface area contributed by atoms with Gasteiger partial charge in [-0.05, 0) is 18.2 Å². The third-order valence-corrected chi connectivity index (χ3v) is 5.97. The molecule has 134 valence electrons. The molecule has 6 heteroatoms. The summed E-state index contributed by atoms with van der Waals surface area (Å²) in [5.74, 6) is -1.76. The number of halogens is 1. The van der Waals surface area contributed by atoms with Crippen LogP contribution in [0.2, 0.25) is 0 Å². The van der Waals surface area contributed by atoms with E-state index < -0.39 is 22.6 Å². The lowest BCUT2D eigenvalue weighted by molar-refractivity contribution is -0.144. The van der Waals surface area contributed by atoms with Crippen molar-refractivity contribution in [3.63, 3.8) is 0 Å². The van der Waals surface area contributed by atoms with Crippen LogP contribution in [0, 0.1) is 5.92 Å². The summed E-state index contributed by atoms with van der Waals surface area (Å²) in [7, 11) is 1.30. The summed E-state index contributed by atoms with van der Waals surface area (Å²) in [6, 6.07) is 9.42. The van der Waals surface area contributed by atoms with Gasteiger partial charge >= 0.3 is 5.97 Å². The first-order valence-electron chi connectivity index (χ1n) is 8.01. The Balaban J connectivity index is 2.39. The molecule has 2 rings (SSSR count). The monoisotopic (exact) mass is 363 g/mol. The van der Waals surface area contributed by atoms with E-state index in [-0.39, 0.29) is 5.57 Å². The number of methoxy groups -OCH3 is 1. The molecule has 0 N–H and O–H groups in total. The molecule has 2 unspecified atom stereocenters. The molecule has 1 heterocycles. The summed E-state index contributed by atoms with van der Waals surface area (Å²) < 4.78 is 18.9. The first-order valence-corrected chi connectivity index (χ1v) is 9.23. The highest BCUT2D eigenvalue weighted by molar-refractivity contribution is 8.00. The number of ether oxygens (including phenoxy) is 1. The van der Waals surface area contributed by atoms with Crippen molar-refractivity contribution in [2.24, 2.45) is 5.92 Å². The maximum atomic E-state index is 15.0. The largest absolute Gasteiger partial charge is 0.468 e. The summed E-state index contributed by atoms with van der Waals surface area (Å²) in [5.41, 5.74) is 0.894. The molecule has 1 aromatic carbocycles. The van der Waals surface area contributed by atoms with Crippen LogP contribution in [0.15, 0.2) is 54.1 Å². The van der Waals surface area contributed by atoms with Gasteiger partial charge in [0.05, 0.1) is 12.7 Å². The van der Waals surface area contributed by atoms with E-state index in [0.717, 1.165) is 5.56 Å². The zero-order chi connectivity index (χ0) is 18.4. The normalized spacial score (nSPS) is 19.5. The molecule has 0 radical (unpaired) electrons. The Bertz CT molecular complexity index is 683. The van der Waals surface area contributed by atoms with Crippen LogP contribution in [0.3, 0.4) is 0 Å². The van der Waals surface area contributed by atoms with Crippen LogP contribution in [0.25, 0.3) is 0 Å². The average Bonchev–Trinajstić information content (AvgIpc) is 2.66. The summed E-state index contributed by atoms with van der Waals surface area (Å²) in [4.78, 5) is 25.4. The first kappa shape index (κ1) is 19.2. The van der Waals surface area contributed by atoms with E-state index >= 15 is 0 Å². The molecule has 1 aliphatic heterocycles. The SMILES string of the molecule is CCC(SC)(C(=O)OC)C1C=CN(Cc2ccccc2)C(F)=C1C=O. The van der Waals surface area contributed by atoms with Crippen molar-refractivity contribution in [1.29, 1.82) is 0 Å². The standard InChI is InChI=1S/C19H22FNO3S/c1-4-19(25-3,18(23)24-2)16-10-11-21(17(20)15(16)13-22)12-14-8-6-5-7-9-14/h5-11,13,16H,4,12H2,1-3H3. The van der Waals surface area contributed by atoms with E-state index in [4.69, 9.17) is 4.74 Å². The highest BCUT2D eigenvalue weighted by Gasteiger charge is 2.47. The van der Waals surface area contributed by atoms with Crippen molar-refractivity contribution < 1.29 is 18.7 Å². The number of thioether (sulfide) groups is 1. The molecule has 0 bridgehead atoms. The fourth-order valence-corrected chi connectivity index (χ4v) is 4.10. The van der Waals surface area contributed by atoms with Gasteiger partial charge in [0.15, 0.2) is 6.29 Å². The molecule has 0 amide bonds. The van der Waals surface area contributed by atoms with Crippen LogP contribution >= 0.6 is 11.8 Å². The van der Waals surface area contributed by atoms with Gasteiger partial charge in [0.2, 0.25) is 5.95 Å². The molecule has 1 aliphatic rings. The van der Waals surface area contributed by atoms with E-state index in [9.17, 15) is 14.0 Å². The Morgan fingerprint density at radius 2 is 2.08 bits per heavy atom. The lowest BCUT2D eigenvalue weighted by Crippen LogP contribution is -2.45. The molecular formula is C19H22FNO3S. The van der Waals surface area contributed by atoms with Gasteiger partial charge in [-0.2, -0.15) is 4.39 Å². The number of carbonyl (C=O) groups excluding carboxylic acids is 2. The van der Waals surface area contributed by atoms with Crippen molar-refractivity contribution >= 4 is 24.0 Å². The number of hydrogen-bond acceptors (Lipinski definition) is 5. The predicted molar refractivity (Wildman–Crippen MR) is 97.4 cm³/mol. The third-order valence-electron chi connectivity index (χ3n) is 4.53. The van der Waals surface area contributed by atoms with Gasteiger partial charge in [-0.25, -0.2) is 0 Å². The number of nitrogens with zero attached hydrogens (tertiary/aromatic N) is 1. The lowest BCUT2D eigenvalue weighted by Gasteiger charge is -2.37. The van der Waals surface area contributed by atoms with E-state index in [1.807, 2.05) is 37.3 Å². The maximum Gasteiger partial charge on any atom is 0.322 e. The van der Waals surface area contributed by atoms with Crippen LogP contribution in [0.1, 0.15) is 18.9 Å². The highest BCUT2D eigenvalue weighted by Crippen LogP contribution is 2.43. The van der Waals surface area contributed by atoms with Crippen LogP contribution in [-0.4, -0.2) is 35.3 Å². The molecule has 0 fully saturated rings. The number of esters is 1. The summed E-state index contributed by atoms with van der Waals surface area (Å²) in [6.45, 7) is 2.14. The van der Waals surface area contributed by atoms with Crippen molar-refractivity contribution in [3.05, 3.63) is 59.7 Å². The van der Waals surface area contributed by atoms with E-state index in [2.05, 4.69) is 0 Å². The Morgan fingerprint density at radius 1 is 1.40 bits per heavy atom. The molecular weight excluding hydrogens is 341 g/mol. The summed E-state index contributed by atoms with van der Waals surface area (Å²) in [6.07, 6.45) is 6.01. The molecule has 25 heavy (non-hydrogen) atoms. The van der Waals surface area contributed by atoms with Gasteiger partial charge in [0.1, 0.15) is 4.75 Å². The fraction of sp³-hybridized carbons (Fsp3) is 0.368. The van der Waals surface area contributed by atoms with Crippen molar-refractivity contribution in [2.45, 2.75) is 24.6 Å². The minimum atomic E-state index is -1.03. The van der Waals surface area contributed by atoms with Gasteiger partial charge in [0.25, 0.3) is 0 Å². The molecule has 0 spiro atoms. The number of benzene rings is 1. The van der Waals surface area contributed by atoms with Crippen molar-refractivity contribution in [1.82, 2.24) is 4.90 Å². The molecule has 4 nitrogen and oxygen atoms in total. The second-order valence-electron chi connectivity index (χ2n) is 5.74. The lowest BCUT2D eigenvalue weighted by atomic mass is 9.82. The quantitative estimate of drug-likeness (QED) is 0.420. The van der Waals surface area contributed by atoms with Crippen molar-refractivity contribution in [3.8, 4) is 0 Å². The molecule has 0 saturated carbocycles. The minimum absolute atomic E-state index is 0.0277. The van der Waals surface area contributed by atoms with E-state index in [0.29, 0.717) is 19.3 Å². The van der Waals surface area contributed by atoms with Gasteiger partial charge in [-0.1, -0.05) is 43.3 Å². The molecule has 2 atom stereocenters. The topological polar surface area (TPSA) is 46.6 Å². The second kappa shape index (κ2) is 8.34. The number of aldehydes is 1. The van der Waals surface area contributed by atoms with Crippen LogP contribution in [0.5, 0.6) is 0 Å². The molecule has 1 aromatic rings. The predicted octanol–water partition coefficient (Wildman–Crippen LogP) is 3.70. The Kier molecular flexibility index (Phi) is 6.42. The highest BCUT2D eigenvalue weighted by atomic mass is 32.2. The van der Waals surface area contributed by atoms with Crippen LogP contribution < -0.4 is 0 Å². The smallest absolute Gasteiger partial charge is 0.322 e. The van der Waals surface area contributed by atoms with E-state index in [1.165, 1.54) is 23.8 Å². The molecule has 0 aromatic heterocycles. The number of rotatable bonds is 7. The van der Waals surface area contributed by atoms with E-state index in [1.54, 1.807) is 18.5 Å². The Morgan fingerprint density at radius 3 is 2.60 bits per heavy atom. The number of carbonyl (C=O) groups is 2. The number of hydrogen-bond donors (Lipinski definition) is 0. The fourth-order valence-electron chi connectivity index (χ4n) is 3.10. The third kappa shape index (κ3) is 3.63. The minimum Gasteiger partial charge on any atom is -0.468 e. The Labute approximate surface area is 151 Å². The van der Waals surface area contributed by atoms with Crippen LogP contribution in [0.4, 0.5) is 4.39 Å². The number of allylic oxidation sites excluding steroid dienone is 2. The van der Waals surface area contributed by atoms with Gasteiger partial charge < -0.3 is 9.64 Å². The molecule has 0 saturated heterocycles. The maximum absolute atomic E-state index is 15.0. The first-order chi connectivity index (χ1) is 12.0. The van der Waals surface area contributed by atoms with Gasteiger partial charge in [-0.3, -0.25) is 9.59 Å². The Hall–Kier alpha value is -2.08.